The SMILES string of the molecule is CC(=O)N[C@@H](CO)C(=O)N[C@@H](CCC(=O)C=N)C(=O)NCc1ccccc1. The number of aliphatic hydroxyl groups excluding tert-OH is 1. The van der Waals surface area contributed by atoms with Crippen LogP contribution in [0.2, 0.25) is 0 Å². The van der Waals surface area contributed by atoms with E-state index in [1.807, 2.05) is 30.3 Å². The topological polar surface area (TPSA) is 148 Å². The van der Waals surface area contributed by atoms with Crippen molar-refractivity contribution in [1.82, 2.24) is 16.0 Å². The van der Waals surface area contributed by atoms with Gasteiger partial charge in [0.25, 0.3) is 0 Å². The van der Waals surface area contributed by atoms with Gasteiger partial charge >= 0.3 is 0 Å². The average molecular weight is 376 g/mol. The number of carbonyl (C=O) groups excluding carboxylic acids is 4. The van der Waals surface area contributed by atoms with Gasteiger partial charge in [0.1, 0.15) is 12.1 Å². The van der Waals surface area contributed by atoms with Crippen molar-refractivity contribution in [2.45, 2.75) is 38.4 Å². The summed E-state index contributed by atoms with van der Waals surface area (Å²) in [6.07, 6.45) is 0.532. The fraction of sp³-hybridized carbons (Fsp3) is 0.389. The van der Waals surface area contributed by atoms with E-state index >= 15 is 0 Å². The number of benzene rings is 1. The number of nitrogens with one attached hydrogen (secondary N) is 4. The Labute approximate surface area is 157 Å². The number of amides is 3. The summed E-state index contributed by atoms with van der Waals surface area (Å²) < 4.78 is 0. The van der Waals surface area contributed by atoms with Crippen LogP contribution in [-0.4, -0.2) is 53.5 Å². The van der Waals surface area contributed by atoms with Crippen molar-refractivity contribution < 1.29 is 24.3 Å². The van der Waals surface area contributed by atoms with Gasteiger partial charge in [-0.1, -0.05) is 30.3 Å². The molecule has 0 radical (unpaired) electrons. The van der Waals surface area contributed by atoms with E-state index in [4.69, 9.17) is 5.41 Å². The van der Waals surface area contributed by atoms with Crippen molar-refractivity contribution >= 4 is 29.7 Å². The van der Waals surface area contributed by atoms with Gasteiger partial charge in [-0.25, -0.2) is 0 Å². The fourth-order valence-corrected chi connectivity index (χ4v) is 2.25. The van der Waals surface area contributed by atoms with E-state index in [0.717, 1.165) is 5.56 Å². The maximum Gasteiger partial charge on any atom is 0.245 e. The standard InChI is InChI=1S/C18H24N4O5/c1-12(24)21-16(11-23)18(27)22-15(8-7-14(25)9-19)17(26)20-10-13-5-3-2-4-6-13/h2-6,9,15-16,19,23H,7-8,10-11H2,1H3,(H,20,26)(H,21,24)(H,22,27)/t15-,16-/m0/s1. The highest BCUT2D eigenvalue weighted by Crippen LogP contribution is 2.02. The molecule has 0 aliphatic heterocycles. The summed E-state index contributed by atoms with van der Waals surface area (Å²) in [5.74, 6) is -2.24. The lowest BCUT2D eigenvalue weighted by Crippen LogP contribution is -2.54. The Balaban J connectivity index is 2.76. The first-order chi connectivity index (χ1) is 12.9. The largest absolute Gasteiger partial charge is 0.394 e. The van der Waals surface area contributed by atoms with Crippen molar-refractivity contribution in [3.05, 3.63) is 35.9 Å². The second-order valence-electron chi connectivity index (χ2n) is 5.85. The predicted octanol–water partition coefficient (Wildman–Crippen LogP) is -0.717. The number of rotatable bonds is 11. The van der Waals surface area contributed by atoms with Crippen molar-refractivity contribution in [3.63, 3.8) is 0 Å². The van der Waals surface area contributed by atoms with Crippen molar-refractivity contribution in [2.24, 2.45) is 0 Å². The number of hydrogen-bond donors (Lipinski definition) is 5. The number of aliphatic hydroxyl groups is 1. The Morgan fingerprint density at radius 2 is 1.74 bits per heavy atom. The fourth-order valence-electron chi connectivity index (χ4n) is 2.25. The summed E-state index contributed by atoms with van der Waals surface area (Å²) in [5.41, 5.74) is 0.859. The van der Waals surface area contributed by atoms with E-state index in [2.05, 4.69) is 16.0 Å². The van der Waals surface area contributed by atoms with Crippen molar-refractivity contribution in [3.8, 4) is 0 Å². The average Bonchev–Trinajstić information content (AvgIpc) is 2.67. The van der Waals surface area contributed by atoms with E-state index in [0.29, 0.717) is 6.21 Å². The maximum absolute atomic E-state index is 12.4. The van der Waals surface area contributed by atoms with Crippen LogP contribution < -0.4 is 16.0 Å². The van der Waals surface area contributed by atoms with E-state index in [-0.39, 0.29) is 19.4 Å². The zero-order valence-corrected chi connectivity index (χ0v) is 15.0. The van der Waals surface area contributed by atoms with Gasteiger partial charge in [-0.05, 0) is 12.0 Å². The minimum atomic E-state index is -1.20. The molecule has 0 saturated heterocycles. The molecule has 9 nitrogen and oxygen atoms in total. The van der Waals surface area contributed by atoms with Crippen LogP contribution in [0.3, 0.4) is 0 Å². The summed E-state index contributed by atoms with van der Waals surface area (Å²) >= 11 is 0. The molecule has 0 bridgehead atoms. The van der Waals surface area contributed by atoms with Crippen LogP contribution in [-0.2, 0) is 25.7 Å². The Bertz CT molecular complexity index is 678. The number of ketones is 1. The number of hydrogen-bond acceptors (Lipinski definition) is 6. The van der Waals surface area contributed by atoms with Gasteiger partial charge in [-0.2, -0.15) is 0 Å². The van der Waals surface area contributed by atoms with Crippen molar-refractivity contribution in [1.29, 1.82) is 5.41 Å². The molecule has 27 heavy (non-hydrogen) atoms. The molecule has 5 N–H and O–H groups in total. The molecule has 9 heteroatoms. The third-order valence-corrected chi connectivity index (χ3v) is 3.66. The minimum Gasteiger partial charge on any atom is -0.394 e. The third kappa shape index (κ3) is 8.23. The molecule has 0 saturated carbocycles. The van der Waals surface area contributed by atoms with Crippen LogP contribution in [0.15, 0.2) is 30.3 Å². The van der Waals surface area contributed by atoms with Crippen molar-refractivity contribution in [2.75, 3.05) is 6.61 Å². The van der Waals surface area contributed by atoms with Gasteiger partial charge in [0.15, 0.2) is 5.78 Å². The number of Topliss-reactive ketones (excluding diaryl/α,β-unsaturated/α-hetero) is 1. The molecule has 1 aromatic rings. The molecule has 3 amide bonds. The predicted molar refractivity (Wildman–Crippen MR) is 97.9 cm³/mol. The summed E-state index contributed by atoms with van der Waals surface area (Å²) in [7, 11) is 0. The quantitative estimate of drug-likeness (QED) is 0.323. The molecule has 0 aliphatic rings. The van der Waals surface area contributed by atoms with E-state index < -0.39 is 42.2 Å². The van der Waals surface area contributed by atoms with Gasteiger partial charge in [0, 0.05) is 19.9 Å². The zero-order valence-electron chi connectivity index (χ0n) is 15.0. The van der Waals surface area contributed by atoms with E-state index in [1.165, 1.54) is 6.92 Å². The second kappa shape index (κ2) is 11.5. The van der Waals surface area contributed by atoms with Gasteiger partial charge in [0.2, 0.25) is 17.7 Å². The van der Waals surface area contributed by atoms with Gasteiger partial charge in [0.05, 0.1) is 12.8 Å². The Morgan fingerprint density at radius 3 is 2.30 bits per heavy atom. The monoisotopic (exact) mass is 376 g/mol. The Morgan fingerprint density at radius 1 is 1.07 bits per heavy atom. The molecule has 2 atom stereocenters. The first-order valence-electron chi connectivity index (χ1n) is 8.40. The molecular weight excluding hydrogens is 352 g/mol. The molecule has 0 aliphatic carbocycles. The summed E-state index contributed by atoms with van der Waals surface area (Å²) in [5, 5.41) is 23.6. The second-order valence-corrected chi connectivity index (χ2v) is 5.85. The minimum absolute atomic E-state index is 0.0151. The molecule has 0 unspecified atom stereocenters. The lowest BCUT2D eigenvalue weighted by molar-refractivity contribution is -0.132. The van der Waals surface area contributed by atoms with E-state index in [9.17, 15) is 24.3 Å². The smallest absolute Gasteiger partial charge is 0.245 e. The first-order valence-corrected chi connectivity index (χ1v) is 8.40. The molecule has 1 rings (SSSR count). The number of carbonyl (C=O) groups is 4. The molecule has 1 aromatic carbocycles. The van der Waals surface area contributed by atoms with E-state index in [1.54, 1.807) is 0 Å². The first kappa shape index (κ1) is 22.0. The van der Waals surface area contributed by atoms with Gasteiger partial charge in [-0.3, -0.25) is 19.2 Å². The zero-order chi connectivity index (χ0) is 20.2. The van der Waals surface area contributed by atoms with Crippen LogP contribution in [0.25, 0.3) is 0 Å². The van der Waals surface area contributed by atoms with Gasteiger partial charge < -0.3 is 26.5 Å². The van der Waals surface area contributed by atoms with Crippen LogP contribution in [0.5, 0.6) is 0 Å². The molecule has 0 aromatic heterocycles. The summed E-state index contributed by atoms with van der Waals surface area (Å²) in [6, 6.07) is 6.88. The molecule has 0 heterocycles. The molecular formula is C18H24N4O5. The van der Waals surface area contributed by atoms with Crippen LogP contribution in [0, 0.1) is 5.41 Å². The lowest BCUT2D eigenvalue weighted by atomic mass is 10.1. The molecule has 0 spiro atoms. The highest BCUT2D eigenvalue weighted by molar-refractivity contribution is 6.26. The summed E-state index contributed by atoms with van der Waals surface area (Å²) in [6.45, 7) is 0.797. The lowest BCUT2D eigenvalue weighted by Gasteiger charge is -2.21. The van der Waals surface area contributed by atoms with Crippen LogP contribution in [0.4, 0.5) is 0 Å². The highest BCUT2D eigenvalue weighted by atomic mass is 16.3. The Kier molecular flexibility index (Phi) is 9.38. The summed E-state index contributed by atoms with van der Waals surface area (Å²) in [4.78, 5) is 47.1. The van der Waals surface area contributed by atoms with Gasteiger partial charge in [-0.15, -0.1) is 0 Å². The maximum atomic E-state index is 12.4. The third-order valence-electron chi connectivity index (χ3n) is 3.66. The normalized spacial score (nSPS) is 12.4. The Hall–Kier alpha value is -3.07. The van der Waals surface area contributed by atoms with Crippen LogP contribution >= 0.6 is 0 Å². The van der Waals surface area contributed by atoms with Crippen LogP contribution in [0.1, 0.15) is 25.3 Å². The highest BCUT2D eigenvalue weighted by Gasteiger charge is 2.26. The molecule has 0 fully saturated rings. The molecule has 146 valence electrons.